The molecule has 1 aromatic heterocycles. The molecular weight excluding hydrogens is 220 g/mol. The van der Waals surface area contributed by atoms with Crippen LogP contribution in [0.5, 0.6) is 0 Å². The van der Waals surface area contributed by atoms with Gasteiger partial charge in [0.2, 0.25) is 0 Å². The number of aromatic nitrogens is 2. The lowest BCUT2D eigenvalue weighted by molar-refractivity contribution is 0.573. The van der Waals surface area contributed by atoms with Crippen LogP contribution in [-0.2, 0) is 10.8 Å². The van der Waals surface area contributed by atoms with Gasteiger partial charge in [-0.1, -0.05) is 53.7 Å². The minimum absolute atomic E-state index is 0.0461. The fourth-order valence-corrected chi connectivity index (χ4v) is 2.12. The first-order valence-electron chi connectivity index (χ1n) is 6.45. The molecule has 0 spiro atoms. The summed E-state index contributed by atoms with van der Waals surface area (Å²) < 4.78 is 0. The van der Waals surface area contributed by atoms with E-state index >= 15 is 0 Å². The van der Waals surface area contributed by atoms with Crippen molar-refractivity contribution in [1.29, 1.82) is 0 Å². The molecule has 1 aromatic carbocycles. The first-order valence-corrected chi connectivity index (χ1v) is 6.45. The Labute approximate surface area is 109 Å². The minimum Gasteiger partial charge on any atom is -0.240 e. The molecule has 0 atom stereocenters. The van der Waals surface area contributed by atoms with Crippen molar-refractivity contribution in [3.63, 3.8) is 0 Å². The van der Waals surface area contributed by atoms with Gasteiger partial charge >= 0.3 is 0 Å². The number of hydrogen-bond donors (Lipinski definition) is 0. The molecule has 1 heterocycles. The maximum atomic E-state index is 4.46. The van der Waals surface area contributed by atoms with E-state index in [0.29, 0.717) is 0 Å². The zero-order chi connectivity index (χ0) is 13.6. The summed E-state index contributed by atoms with van der Waals surface area (Å²) in [6.45, 7) is 13.2. The van der Waals surface area contributed by atoms with E-state index in [2.05, 4.69) is 69.7 Å². The second-order valence-electron chi connectivity index (χ2n) is 6.95. The van der Waals surface area contributed by atoms with Gasteiger partial charge in [0.15, 0.2) is 0 Å². The SMILES string of the molecule is CC(C)(C)c1ccc2c(C(C)(C)C)ncnc2c1. The topological polar surface area (TPSA) is 25.8 Å². The molecule has 2 aromatic rings. The maximum Gasteiger partial charge on any atom is 0.116 e. The van der Waals surface area contributed by atoms with E-state index in [1.54, 1.807) is 6.33 Å². The smallest absolute Gasteiger partial charge is 0.116 e. The van der Waals surface area contributed by atoms with E-state index in [1.165, 1.54) is 5.56 Å². The largest absolute Gasteiger partial charge is 0.240 e. The van der Waals surface area contributed by atoms with Gasteiger partial charge in [-0.3, -0.25) is 0 Å². The van der Waals surface area contributed by atoms with Gasteiger partial charge in [-0.25, -0.2) is 9.97 Å². The van der Waals surface area contributed by atoms with Crippen molar-refractivity contribution in [3.8, 4) is 0 Å². The van der Waals surface area contributed by atoms with Crippen molar-refractivity contribution in [2.24, 2.45) is 0 Å². The predicted molar refractivity (Wildman–Crippen MR) is 76.9 cm³/mol. The second-order valence-corrected chi connectivity index (χ2v) is 6.95. The van der Waals surface area contributed by atoms with Crippen molar-refractivity contribution < 1.29 is 0 Å². The summed E-state index contributed by atoms with van der Waals surface area (Å²) in [5.74, 6) is 0. The minimum atomic E-state index is 0.0461. The highest BCUT2D eigenvalue weighted by molar-refractivity contribution is 5.82. The first-order chi connectivity index (χ1) is 8.19. The Morgan fingerprint density at radius 1 is 0.833 bits per heavy atom. The molecule has 0 saturated heterocycles. The number of fused-ring (bicyclic) bond motifs is 1. The predicted octanol–water partition coefficient (Wildman–Crippen LogP) is 4.22. The normalized spacial score (nSPS) is 13.0. The van der Waals surface area contributed by atoms with Crippen LogP contribution in [0.3, 0.4) is 0 Å². The lowest BCUT2D eigenvalue weighted by Gasteiger charge is -2.22. The van der Waals surface area contributed by atoms with Gasteiger partial charge in [-0.2, -0.15) is 0 Å². The van der Waals surface area contributed by atoms with Crippen molar-refractivity contribution in [2.45, 2.75) is 52.4 Å². The molecule has 0 aliphatic heterocycles. The molecule has 2 heteroatoms. The molecule has 0 unspecified atom stereocenters. The summed E-state index contributed by atoms with van der Waals surface area (Å²) in [6, 6.07) is 6.55. The zero-order valence-corrected chi connectivity index (χ0v) is 12.2. The lowest BCUT2D eigenvalue weighted by Crippen LogP contribution is -2.15. The molecule has 2 nitrogen and oxygen atoms in total. The van der Waals surface area contributed by atoms with Gasteiger partial charge < -0.3 is 0 Å². The molecule has 0 aliphatic carbocycles. The van der Waals surface area contributed by atoms with Crippen LogP contribution in [0.1, 0.15) is 52.8 Å². The Morgan fingerprint density at radius 2 is 1.50 bits per heavy atom. The van der Waals surface area contributed by atoms with Crippen LogP contribution < -0.4 is 0 Å². The number of benzene rings is 1. The Hall–Kier alpha value is -1.44. The van der Waals surface area contributed by atoms with Crippen molar-refractivity contribution in [3.05, 3.63) is 35.8 Å². The quantitative estimate of drug-likeness (QED) is 0.691. The first kappa shape index (κ1) is 13.0. The van der Waals surface area contributed by atoms with Crippen LogP contribution in [-0.4, -0.2) is 9.97 Å². The lowest BCUT2D eigenvalue weighted by atomic mass is 9.84. The van der Waals surface area contributed by atoms with Gasteiger partial charge in [0, 0.05) is 10.8 Å². The summed E-state index contributed by atoms with van der Waals surface area (Å²) >= 11 is 0. The van der Waals surface area contributed by atoms with E-state index in [9.17, 15) is 0 Å². The standard InChI is InChI=1S/C16H22N2/c1-15(2,3)11-7-8-12-13(9-11)17-10-18-14(12)16(4,5)6/h7-10H,1-6H3. The zero-order valence-electron chi connectivity index (χ0n) is 12.2. The highest BCUT2D eigenvalue weighted by Crippen LogP contribution is 2.30. The summed E-state index contributed by atoms with van der Waals surface area (Å²) in [6.07, 6.45) is 1.68. The van der Waals surface area contributed by atoms with E-state index in [0.717, 1.165) is 16.6 Å². The van der Waals surface area contributed by atoms with Gasteiger partial charge in [0.25, 0.3) is 0 Å². The fraction of sp³-hybridized carbons (Fsp3) is 0.500. The molecule has 0 saturated carbocycles. The van der Waals surface area contributed by atoms with E-state index in [-0.39, 0.29) is 10.8 Å². The molecule has 0 N–H and O–H groups in total. The van der Waals surface area contributed by atoms with E-state index in [4.69, 9.17) is 0 Å². The van der Waals surface area contributed by atoms with Crippen LogP contribution in [0.25, 0.3) is 10.9 Å². The van der Waals surface area contributed by atoms with Gasteiger partial charge in [0.1, 0.15) is 6.33 Å². The highest BCUT2D eigenvalue weighted by atomic mass is 14.8. The Morgan fingerprint density at radius 3 is 2.06 bits per heavy atom. The third kappa shape index (κ3) is 2.38. The monoisotopic (exact) mass is 242 g/mol. The van der Waals surface area contributed by atoms with Crippen molar-refractivity contribution in [2.75, 3.05) is 0 Å². The number of nitrogens with zero attached hydrogens (tertiary/aromatic N) is 2. The van der Waals surface area contributed by atoms with Crippen LogP contribution in [0.4, 0.5) is 0 Å². The van der Waals surface area contributed by atoms with Gasteiger partial charge in [-0.05, 0) is 17.0 Å². The van der Waals surface area contributed by atoms with Crippen molar-refractivity contribution >= 4 is 10.9 Å². The summed E-state index contributed by atoms with van der Waals surface area (Å²) in [7, 11) is 0. The molecule has 0 bridgehead atoms. The molecule has 96 valence electrons. The Kier molecular flexibility index (Phi) is 2.92. The molecule has 2 rings (SSSR count). The maximum absolute atomic E-state index is 4.46. The van der Waals surface area contributed by atoms with Crippen molar-refractivity contribution in [1.82, 2.24) is 9.97 Å². The fourth-order valence-electron chi connectivity index (χ4n) is 2.12. The summed E-state index contributed by atoms with van der Waals surface area (Å²) in [5.41, 5.74) is 3.68. The molecule has 0 fully saturated rings. The molecule has 18 heavy (non-hydrogen) atoms. The highest BCUT2D eigenvalue weighted by Gasteiger charge is 2.20. The summed E-state index contributed by atoms with van der Waals surface area (Å²) in [5, 5.41) is 1.16. The molecule has 0 amide bonds. The summed E-state index contributed by atoms with van der Waals surface area (Å²) in [4.78, 5) is 8.88. The van der Waals surface area contributed by atoms with Crippen LogP contribution in [0.15, 0.2) is 24.5 Å². The van der Waals surface area contributed by atoms with Crippen LogP contribution in [0, 0.1) is 0 Å². The Balaban J connectivity index is 2.68. The van der Waals surface area contributed by atoms with Crippen LogP contribution in [0.2, 0.25) is 0 Å². The average molecular weight is 242 g/mol. The van der Waals surface area contributed by atoms with Gasteiger partial charge in [0.05, 0.1) is 11.2 Å². The molecule has 0 aliphatic rings. The van der Waals surface area contributed by atoms with Gasteiger partial charge in [-0.15, -0.1) is 0 Å². The third-order valence-corrected chi connectivity index (χ3v) is 3.21. The number of hydrogen-bond acceptors (Lipinski definition) is 2. The second kappa shape index (κ2) is 4.04. The average Bonchev–Trinajstić information content (AvgIpc) is 2.25. The molecular formula is C16H22N2. The van der Waals surface area contributed by atoms with E-state index < -0.39 is 0 Å². The number of rotatable bonds is 0. The van der Waals surface area contributed by atoms with E-state index in [1.807, 2.05) is 0 Å². The van der Waals surface area contributed by atoms with Crippen LogP contribution >= 0.6 is 0 Å². The Bertz CT molecular complexity index is 572. The third-order valence-electron chi connectivity index (χ3n) is 3.21. The molecule has 0 radical (unpaired) electrons.